The molecule has 0 bridgehead atoms. The van der Waals surface area contributed by atoms with Crippen LogP contribution >= 0.6 is 0 Å². The fourth-order valence-corrected chi connectivity index (χ4v) is 2.42. The maximum absolute atomic E-state index is 12.6. The molecule has 104 valence electrons. The van der Waals surface area contributed by atoms with E-state index in [1.54, 1.807) is 16.8 Å². The third-order valence-corrected chi connectivity index (χ3v) is 4.16. The number of amides is 2. The molecular formula is C13H25N3O2. The minimum atomic E-state index is -0.497. The predicted molar refractivity (Wildman–Crippen MR) is 70.9 cm³/mol. The van der Waals surface area contributed by atoms with Crippen molar-refractivity contribution >= 4 is 11.8 Å². The summed E-state index contributed by atoms with van der Waals surface area (Å²) in [4.78, 5) is 27.8. The molecule has 1 saturated heterocycles. The van der Waals surface area contributed by atoms with Crippen LogP contribution in [0.4, 0.5) is 0 Å². The van der Waals surface area contributed by atoms with Crippen LogP contribution in [0.15, 0.2) is 0 Å². The van der Waals surface area contributed by atoms with Gasteiger partial charge in [-0.15, -0.1) is 0 Å². The molecule has 5 heteroatoms. The van der Waals surface area contributed by atoms with Crippen molar-refractivity contribution in [1.29, 1.82) is 0 Å². The van der Waals surface area contributed by atoms with Gasteiger partial charge < -0.3 is 15.5 Å². The van der Waals surface area contributed by atoms with Crippen LogP contribution in [0.25, 0.3) is 0 Å². The molecule has 2 N–H and O–H groups in total. The van der Waals surface area contributed by atoms with Gasteiger partial charge in [0.1, 0.15) is 0 Å². The molecule has 1 fully saturated rings. The molecule has 0 aromatic carbocycles. The van der Waals surface area contributed by atoms with Crippen molar-refractivity contribution in [1.82, 2.24) is 9.80 Å². The van der Waals surface area contributed by atoms with Crippen LogP contribution in [0.5, 0.6) is 0 Å². The van der Waals surface area contributed by atoms with Crippen molar-refractivity contribution < 1.29 is 9.59 Å². The van der Waals surface area contributed by atoms with Crippen LogP contribution in [0.1, 0.15) is 33.1 Å². The van der Waals surface area contributed by atoms with Gasteiger partial charge >= 0.3 is 0 Å². The molecule has 1 aliphatic rings. The Morgan fingerprint density at radius 3 is 2.44 bits per heavy atom. The van der Waals surface area contributed by atoms with Gasteiger partial charge in [0, 0.05) is 26.7 Å². The highest BCUT2D eigenvalue weighted by Crippen LogP contribution is 2.28. The molecule has 18 heavy (non-hydrogen) atoms. The summed E-state index contributed by atoms with van der Waals surface area (Å²) >= 11 is 0. The molecule has 0 aromatic heterocycles. The smallest absolute Gasteiger partial charge is 0.241 e. The topological polar surface area (TPSA) is 66.6 Å². The largest absolute Gasteiger partial charge is 0.344 e. The number of hydrogen-bond acceptors (Lipinski definition) is 3. The first-order valence-electron chi connectivity index (χ1n) is 6.74. The van der Waals surface area contributed by atoms with E-state index in [1.807, 2.05) is 13.8 Å². The first kappa shape index (κ1) is 15.0. The lowest BCUT2D eigenvalue weighted by Gasteiger charge is -2.34. The molecule has 1 aliphatic heterocycles. The molecule has 0 saturated carbocycles. The van der Waals surface area contributed by atoms with Crippen LogP contribution in [0.3, 0.4) is 0 Å². The van der Waals surface area contributed by atoms with Gasteiger partial charge in [-0.05, 0) is 19.3 Å². The molecule has 0 unspecified atom stereocenters. The zero-order chi connectivity index (χ0) is 13.8. The third kappa shape index (κ3) is 2.83. The lowest BCUT2D eigenvalue weighted by Crippen LogP contribution is -2.49. The summed E-state index contributed by atoms with van der Waals surface area (Å²) in [6.07, 6.45) is 2.28. The quantitative estimate of drug-likeness (QED) is 0.793. The summed E-state index contributed by atoms with van der Waals surface area (Å²) in [5.74, 6) is 0.0534. The van der Waals surface area contributed by atoms with Crippen LogP contribution in [-0.2, 0) is 9.59 Å². The van der Waals surface area contributed by atoms with E-state index in [4.69, 9.17) is 5.73 Å². The molecular weight excluding hydrogens is 230 g/mol. The van der Waals surface area contributed by atoms with Crippen LogP contribution in [0, 0.1) is 5.41 Å². The maximum Gasteiger partial charge on any atom is 0.241 e. The Morgan fingerprint density at radius 2 is 1.94 bits per heavy atom. The summed E-state index contributed by atoms with van der Waals surface area (Å²) < 4.78 is 0. The van der Waals surface area contributed by atoms with E-state index >= 15 is 0 Å². The Kier molecular flexibility index (Phi) is 5.14. The second-order valence-electron chi connectivity index (χ2n) is 5.09. The summed E-state index contributed by atoms with van der Waals surface area (Å²) in [6, 6.07) is 0. The fourth-order valence-electron chi connectivity index (χ4n) is 2.42. The van der Waals surface area contributed by atoms with Crippen LogP contribution in [-0.4, -0.2) is 54.8 Å². The maximum atomic E-state index is 12.6. The highest BCUT2D eigenvalue weighted by Gasteiger charge is 2.38. The minimum Gasteiger partial charge on any atom is -0.344 e. The summed E-state index contributed by atoms with van der Waals surface area (Å²) in [7, 11) is 1.78. The van der Waals surface area contributed by atoms with Crippen molar-refractivity contribution in [3.63, 3.8) is 0 Å². The van der Waals surface area contributed by atoms with Gasteiger partial charge in [-0.25, -0.2) is 0 Å². The van der Waals surface area contributed by atoms with E-state index < -0.39 is 5.41 Å². The Hall–Kier alpha value is -1.10. The third-order valence-electron chi connectivity index (χ3n) is 4.16. The monoisotopic (exact) mass is 255 g/mol. The van der Waals surface area contributed by atoms with Crippen molar-refractivity contribution in [2.24, 2.45) is 11.1 Å². The van der Waals surface area contributed by atoms with Crippen LogP contribution in [0.2, 0.25) is 0 Å². The number of carbonyl (C=O) groups excluding carboxylic acids is 2. The lowest BCUT2D eigenvalue weighted by atomic mass is 9.81. The highest BCUT2D eigenvalue weighted by molar-refractivity contribution is 5.88. The van der Waals surface area contributed by atoms with E-state index in [1.165, 1.54) is 0 Å². The van der Waals surface area contributed by atoms with Gasteiger partial charge in [0.05, 0.1) is 12.0 Å². The Balaban J connectivity index is 2.85. The Morgan fingerprint density at radius 1 is 1.33 bits per heavy atom. The van der Waals surface area contributed by atoms with Crippen molar-refractivity contribution in [3.05, 3.63) is 0 Å². The molecule has 0 spiro atoms. The van der Waals surface area contributed by atoms with Crippen LogP contribution < -0.4 is 5.73 Å². The number of rotatable bonds is 4. The lowest BCUT2D eigenvalue weighted by molar-refractivity contribution is -0.145. The van der Waals surface area contributed by atoms with Gasteiger partial charge in [0.2, 0.25) is 11.8 Å². The highest BCUT2D eigenvalue weighted by atomic mass is 16.2. The van der Waals surface area contributed by atoms with Gasteiger partial charge in [-0.1, -0.05) is 13.8 Å². The van der Waals surface area contributed by atoms with E-state index in [2.05, 4.69) is 0 Å². The normalized spacial score (nSPS) is 17.9. The zero-order valence-corrected chi connectivity index (χ0v) is 11.7. The molecule has 0 aromatic rings. The van der Waals surface area contributed by atoms with Crippen molar-refractivity contribution in [2.75, 3.05) is 33.2 Å². The minimum absolute atomic E-state index is 0.0129. The molecule has 0 radical (unpaired) electrons. The molecule has 1 rings (SSSR count). The number of nitrogens with two attached hydrogens (primary N) is 1. The van der Waals surface area contributed by atoms with E-state index in [0.29, 0.717) is 13.1 Å². The van der Waals surface area contributed by atoms with Crippen molar-refractivity contribution in [2.45, 2.75) is 33.1 Å². The summed E-state index contributed by atoms with van der Waals surface area (Å²) in [5.41, 5.74) is 5.30. The SMILES string of the molecule is CCC(CC)(CN)C(=O)N1CCCN(C)C(=O)C1. The Bertz CT molecular complexity index is 305. The molecule has 2 amide bonds. The van der Waals surface area contributed by atoms with E-state index in [-0.39, 0.29) is 18.4 Å². The fraction of sp³-hybridized carbons (Fsp3) is 0.846. The first-order valence-corrected chi connectivity index (χ1v) is 6.74. The standard InChI is InChI=1S/C13H25N3O2/c1-4-13(5-2,10-14)12(18)16-8-6-7-15(3)11(17)9-16/h4-10,14H2,1-3H3. The van der Waals surface area contributed by atoms with Gasteiger partial charge in [0.15, 0.2) is 0 Å². The number of likely N-dealkylation sites (N-methyl/N-ethyl adjacent to an activating group) is 1. The Labute approximate surface area is 109 Å². The molecule has 0 aliphatic carbocycles. The van der Waals surface area contributed by atoms with Gasteiger partial charge in [-0.2, -0.15) is 0 Å². The average Bonchev–Trinajstić information content (AvgIpc) is 2.55. The second kappa shape index (κ2) is 6.18. The molecule has 5 nitrogen and oxygen atoms in total. The molecule has 0 atom stereocenters. The molecule has 1 heterocycles. The van der Waals surface area contributed by atoms with E-state index in [0.717, 1.165) is 25.8 Å². The second-order valence-corrected chi connectivity index (χ2v) is 5.09. The van der Waals surface area contributed by atoms with Gasteiger partial charge in [-0.3, -0.25) is 9.59 Å². The van der Waals surface area contributed by atoms with E-state index in [9.17, 15) is 9.59 Å². The number of nitrogens with zero attached hydrogens (tertiary/aromatic N) is 2. The van der Waals surface area contributed by atoms with Crippen molar-refractivity contribution in [3.8, 4) is 0 Å². The number of hydrogen-bond donors (Lipinski definition) is 1. The van der Waals surface area contributed by atoms with Gasteiger partial charge in [0.25, 0.3) is 0 Å². The average molecular weight is 255 g/mol. The summed E-state index contributed by atoms with van der Waals surface area (Å²) in [6.45, 7) is 5.88. The first-order chi connectivity index (χ1) is 8.50. The number of carbonyl (C=O) groups is 2. The zero-order valence-electron chi connectivity index (χ0n) is 11.7. The summed E-state index contributed by atoms with van der Waals surface area (Å²) in [5, 5.41) is 0. The predicted octanol–water partition coefficient (Wildman–Crippen LogP) is 0.442.